The predicted molar refractivity (Wildman–Crippen MR) is 44.9 cm³/mol. The van der Waals surface area contributed by atoms with Crippen LogP contribution in [0.2, 0.25) is 12.6 Å². The molecule has 1 atom stereocenters. The molecule has 0 rings (SSSR count). The minimum Gasteiger partial charge on any atom is -0.381 e. The van der Waals surface area contributed by atoms with Crippen LogP contribution in [-0.2, 0) is 4.74 Å². The zero-order valence-corrected chi connectivity index (χ0v) is 8.23. The number of rotatable bonds is 5. The molecule has 0 aromatic carbocycles. The minimum atomic E-state index is 0.273. The van der Waals surface area contributed by atoms with Gasteiger partial charge in [0.15, 0.2) is 0 Å². The van der Waals surface area contributed by atoms with Crippen LogP contribution in [0.15, 0.2) is 0 Å². The van der Waals surface area contributed by atoms with Gasteiger partial charge in [0.1, 0.15) is 0 Å². The Morgan fingerprint density at radius 1 is 1.56 bits per heavy atom. The molecular formula is C7H18OSi. The second kappa shape index (κ2) is 6.30. The highest BCUT2D eigenvalue weighted by atomic mass is 28.2. The van der Waals surface area contributed by atoms with Crippen molar-refractivity contribution >= 4 is 9.52 Å². The van der Waals surface area contributed by atoms with E-state index in [2.05, 4.69) is 13.5 Å². The van der Waals surface area contributed by atoms with Gasteiger partial charge in [0.25, 0.3) is 0 Å². The lowest BCUT2D eigenvalue weighted by Crippen LogP contribution is -2.08. The Morgan fingerprint density at radius 2 is 2.22 bits per heavy atom. The van der Waals surface area contributed by atoms with Crippen molar-refractivity contribution in [3.05, 3.63) is 0 Å². The summed E-state index contributed by atoms with van der Waals surface area (Å²) < 4.78 is 5.22. The van der Waals surface area contributed by atoms with E-state index in [-0.39, 0.29) is 9.52 Å². The summed E-state index contributed by atoms with van der Waals surface area (Å²) in [4.78, 5) is 0. The van der Waals surface area contributed by atoms with E-state index >= 15 is 0 Å². The molecule has 0 bridgehead atoms. The van der Waals surface area contributed by atoms with Gasteiger partial charge in [-0.3, -0.25) is 0 Å². The molecule has 1 unspecified atom stereocenters. The first kappa shape index (κ1) is 9.18. The molecule has 0 spiro atoms. The van der Waals surface area contributed by atoms with E-state index in [1.54, 1.807) is 0 Å². The second-order valence-corrected chi connectivity index (χ2v) is 4.12. The Balaban J connectivity index is 3.09. The maximum atomic E-state index is 5.22. The second-order valence-electron chi connectivity index (χ2n) is 2.41. The van der Waals surface area contributed by atoms with Crippen LogP contribution in [0.5, 0.6) is 0 Å². The minimum absolute atomic E-state index is 0.273. The first-order valence-electron chi connectivity index (χ1n) is 3.87. The summed E-state index contributed by atoms with van der Waals surface area (Å²) in [6.45, 7) is 4.54. The molecule has 0 saturated heterocycles. The lowest BCUT2D eigenvalue weighted by Gasteiger charge is -2.10. The maximum Gasteiger partial charge on any atom is 0.0565 e. The normalized spacial score (nSPS) is 15.0. The zero-order chi connectivity index (χ0) is 7.11. The molecule has 0 aliphatic rings. The van der Waals surface area contributed by atoms with Crippen LogP contribution in [0.4, 0.5) is 0 Å². The molecule has 56 valence electrons. The summed E-state index contributed by atoms with van der Waals surface area (Å²) in [6, 6.07) is 1.44. The van der Waals surface area contributed by atoms with Gasteiger partial charge in [-0.2, -0.15) is 0 Å². The fraction of sp³-hybridized carbons (Fsp3) is 1.00. The topological polar surface area (TPSA) is 9.23 Å². The van der Waals surface area contributed by atoms with Gasteiger partial charge in [0.2, 0.25) is 0 Å². The lowest BCUT2D eigenvalue weighted by molar-refractivity contribution is 0.0964. The monoisotopic (exact) mass is 146 g/mol. The van der Waals surface area contributed by atoms with Gasteiger partial charge in [-0.25, -0.2) is 0 Å². The molecule has 0 N–H and O–H groups in total. The Morgan fingerprint density at radius 3 is 2.56 bits per heavy atom. The first-order valence-corrected chi connectivity index (χ1v) is 6.29. The van der Waals surface area contributed by atoms with Crippen LogP contribution in [0.25, 0.3) is 0 Å². The molecule has 0 fully saturated rings. The Kier molecular flexibility index (Phi) is 6.42. The van der Waals surface area contributed by atoms with Crippen molar-refractivity contribution in [1.29, 1.82) is 0 Å². The highest BCUT2D eigenvalue weighted by Crippen LogP contribution is 2.04. The SMILES string of the molecule is CCC(CC[SiH2]C)OC. The largest absolute Gasteiger partial charge is 0.381 e. The highest BCUT2D eigenvalue weighted by Gasteiger charge is 2.00. The van der Waals surface area contributed by atoms with Crippen molar-refractivity contribution in [3.8, 4) is 0 Å². The first-order chi connectivity index (χ1) is 4.35. The van der Waals surface area contributed by atoms with Crippen LogP contribution in [0.1, 0.15) is 19.8 Å². The molecular weight excluding hydrogens is 128 g/mol. The summed E-state index contributed by atoms with van der Waals surface area (Å²) in [6.07, 6.45) is 3.00. The summed E-state index contributed by atoms with van der Waals surface area (Å²) in [5.74, 6) is 0. The molecule has 2 heteroatoms. The molecule has 0 amide bonds. The Bertz CT molecular complexity index is 52.9. The summed E-state index contributed by atoms with van der Waals surface area (Å²) in [7, 11) is 2.08. The molecule has 0 aliphatic carbocycles. The third kappa shape index (κ3) is 4.67. The number of methoxy groups -OCH3 is 1. The third-order valence-corrected chi connectivity index (χ3v) is 2.78. The van der Waals surface area contributed by atoms with Crippen LogP contribution in [-0.4, -0.2) is 22.7 Å². The fourth-order valence-corrected chi connectivity index (χ4v) is 1.78. The molecule has 0 heterocycles. The van der Waals surface area contributed by atoms with E-state index in [1.807, 2.05) is 7.11 Å². The maximum absolute atomic E-state index is 5.22. The van der Waals surface area contributed by atoms with Gasteiger partial charge < -0.3 is 4.74 Å². The van der Waals surface area contributed by atoms with Crippen molar-refractivity contribution < 1.29 is 4.74 Å². The van der Waals surface area contributed by atoms with E-state index < -0.39 is 0 Å². The fourth-order valence-electron chi connectivity index (χ4n) is 0.920. The average Bonchev–Trinajstić information content (AvgIpc) is 1.91. The van der Waals surface area contributed by atoms with E-state index in [0.29, 0.717) is 6.10 Å². The number of ether oxygens (including phenoxy) is 1. The van der Waals surface area contributed by atoms with E-state index in [1.165, 1.54) is 18.9 Å². The molecule has 0 aromatic heterocycles. The number of hydrogen-bond acceptors (Lipinski definition) is 1. The van der Waals surface area contributed by atoms with E-state index in [0.717, 1.165) is 0 Å². The highest BCUT2D eigenvalue weighted by molar-refractivity contribution is 6.33. The molecule has 0 radical (unpaired) electrons. The van der Waals surface area contributed by atoms with Crippen molar-refractivity contribution in [1.82, 2.24) is 0 Å². The third-order valence-electron chi connectivity index (χ3n) is 1.67. The van der Waals surface area contributed by atoms with Gasteiger partial charge in [-0.05, 0) is 12.8 Å². The van der Waals surface area contributed by atoms with Crippen molar-refractivity contribution in [2.24, 2.45) is 0 Å². The van der Waals surface area contributed by atoms with Crippen LogP contribution in [0, 0.1) is 0 Å². The van der Waals surface area contributed by atoms with Crippen LogP contribution < -0.4 is 0 Å². The van der Waals surface area contributed by atoms with Crippen LogP contribution >= 0.6 is 0 Å². The average molecular weight is 146 g/mol. The van der Waals surface area contributed by atoms with Gasteiger partial charge in [-0.1, -0.05) is 19.5 Å². The van der Waals surface area contributed by atoms with Crippen molar-refractivity contribution in [3.63, 3.8) is 0 Å². The Labute approximate surface area is 60.6 Å². The van der Waals surface area contributed by atoms with E-state index in [9.17, 15) is 0 Å². The van der Waals surface area contributed by atoms with Gasteiger partial charge in [0.05, 0.1) is 6.10 Å². The predicted octanol–water partition coefficient (Wildman–Crippen LogP) is 1.44. The standard InChI is InChI=1S/C7H18OSi/c1-4-7(8-2)5-6-9-3/h7H,4-6,9H2,1-3H3. The van der Waals surface area contributed by atoms with E-state index in [4.69, 9.17) is 4.74 Å². The summed E-state index contributed by atoms with van der Waals surface area (Å²) in [5, 5.41) is 0. The Hall–Kier alpha value is 0.177. The molecule has 0 aliphatic heterocycles. The van der Waals surface area contributed by atoms with Gasteiger partial charge in [-0.15, -0.1) is 0 Å². The molecule has 1 nitrogen and oxygen atoms in total. The number of hydrogen-bond donors (Lipinski definition) is 0. The van der Waals surface area contributed by atoms with Crippen LogP contribution in [0.3, 0.4) is 0 Å². The van der Waals surface area contributed by atoms with Crippen molar-refractivity contribution in [2.75, 3.05) is 7.11 Å². The van der Waals surface area contributed by atoms with Crippen molar-refractivity contribution in [2.45, 2.75) is 38.5 Å². The molecule has 0 saturated carbocycles. The lowest BCUT2D eigenvalue weighted by atomic mass is 10.2. The quantitative estimate of drug-likeness (QED) is 0.533. The van der Waals surface area contributed by atoms with Gasteiger partial charge in [0, 0.05) is 16.6 Å². The summed E-state index contributed by atoms with van der Waals surface area (Å²) in [5.41, 5.74) is 0. The smallest absolute Gasteiger partial charge is 0.0565 e. The zero-order valence-electron chi connectivity index (χ0n) is 6.81. The summed E-state index contributed by atoms with van der Waals surface area (Å²) >= 11 is 0. The molecule has 0 aromatic rings. The van der Waals surface area contributed by atoms with Gasteiger partial charge >= 0.3 is 0 Å². The molecule has 9 heavy (non-hydrogen) atoms.